The SMILES string of the molecule is CC(C)(C)C1[C@H](c2noc(-c3ccccc3CCNC(=O)CO)c2Br)[C@@](O)(c2ccc(F)c(F)c2)CCN1C(=O)O. The highest BCUT2D eigenvalue weighted by atomic mass is 79.9. The average Bonchev–Trinajstić information content (AvgIpc) is 3.29. The molecule has 1 aliphatic heterocycles. The van der Waals surface area contributed by atoms with E-state index in [0.717, 1.165) is 17.7 Å². The molecule has 0 aliphatic carbocycles. The molecule has 0 spiro atoms. The molecule has 4 N–H and O–H groups in total. The van der Waals surface area contributed by atoms with Gasteiger partial charge in [-0.1, -0.05) is 56.3 Å². The van der Waals surface area contributed by atoms with Gasteiger partial charge in [-0.15, -0.1) is 0 Å². The number of nitrogens with one attached hydrogen (secondary N) is 1. The molecule has 12 heteroatoms. The van der Waals surface area contributed by atoms with E-state index in [1.165, 1.54) is 11.0 Å². The number of aliphatic hydroxyl groups is 2. The first-order valence-corrected chi connectivity index (χ1v) is 13.9. The van der Waals surface area contributed by atoms with Gasteiger partial charge in [0.25, 0.3) is 0 Å². The van der Waals surface area contributed by atoms with Gasteiger partial charge in [0, 0.05) is 18.7 Å². The Bertz CT molecular complexity index is 1440. The number of piperidine rings is 1. The molecule has 41 heavy (non-hydrogen) atoms. The Kier molecular flexibility index (Phi) is 8.86. The average molecular weight is 636 g/mol. The molecule has 2 heterocycles. The minimum absolute atomic E-state index is 0.0476. The van der Waals surface area contributed by atoms with Crippen LogP contribution in [0.3, 0.4) is 0 Å². The lowest BCUT2D eigenvalue weighted by Crippen LogP contribution is -2.60. The maximum Gasteiger partial charge on any atom is 0.407 e. The molecule has 1 unspecified atom stereocenters. The highest BCUT2D eigenvalue weighted by Crippen LogP contribution is 2.53. The van der Waals surface area contributed by atoms with E-state index < -0.39 is 53.2 Å². The van der Waals surface area contributed by atoms with Crippen LogP contribution in [0.25, 0.3) is 11.3 Å². The van der Waals surface area contributed by atoms with Crippen LogP contribution in [0.15, 0.2) is 51.5 Å². The number of carboxylic acid groups (broad SMARTS) is 1. The Morgan fingerprint density at radius 2 is 1.90 bits per heavy atom. The quantitative estimate of drug-likeness (QED) is 0.293. The Hall–Kier alpha value is -3.35. The van der Waals surface area contributed by atoms with E-state index in [1.807, 2.05) is 32.9 Å². The summed E-state index contributed by atoms with van der Waals surface area (Å²) < 4.78 is 34.5. The molecular formula is C29H32BrF2N3O6. The van der Waals surface area contributed by atoms with Crippen molar-refractivity contribution in [3.05, 3.63) is 75.4 Å². The summed E-state index contributed by atoms with van der Waals surface area (Å²) in [6.45, 7) is 5.10. The smallest absolute Gasteiger partial charge is 0.407 e. The van der Waals surface area contributed by atoms with Gasteiger partial charge in [0.05, 0.1) is 16.4 Å². The standard InChI is InChI=1S/C29H32BrF2N3O6/c1-28(2,3)26-22(29(40,11-13-35(26)27(38)39)17-8-9-19(31)20(32)14-17)24-23(30)25(41-34-24)18-7-5-4-6-16(18)10-12-33-21(37)15-36/h4-9,14,22,26,36,40H,10-13,15H2,1-3H3,(H,33,37)(H,38,39)/t22-,26?,29-/m0/s1. The van der Waals surface area contributed by atoms with Crippen molar-refractivity contribution in [2.75, 3.05) is 19.7 Å². The summed E-state index contributed by atoms with van der Waals surface area (Å²) in [6, 6.07) is 9.58. The van der Waals surface area contributed by atoms with Crippen LogP contribution in [0.2, 0.25) is 0 Å². The molecular weight excluding hydrogens is 604 g/mol. The Labute approximate surface area is 244 Å². The Balaban J connectivity index is 1.86. The fourth-order valence-corrected chi connectivity index (χ4v) is 6.28. The minimum atomic E-state index is -1.83. The fraction of sp³-hybridized carbons (Fsp3) is 0.414. The maximum atomic E-state index is 14.4. The molecule has 4 rings (SSSR count). The molecule has 9 nitrogen and oxygen atoms in total. The summed E-state index contributed by atoms with van der Waals surface area (Å²) in [5.41, 5.74) is -0.793. The largest absolute Gasteiger partial charge is 0.465 e. The van der Waals surface area contributed by atoms with Crippen molar-refractivity contribution >= 4 is 27.9 Å². The zero-order valence-electron chi connectivity index (χ0n) is 22.8. The first kappa shape index (κ1) is 30.6. The van der Waals surface area contributed by atoms with Crippen molar-refractivity contribution in [2.45, 2.75) is 51.2 Å². The lowest BCUT2D eigenvalue weighted by atomic mass is 9.64. The van der Waals surface area contributed by atoms with Gasteiger partial charge in [0.2, 0.25) is 5.91 Å². The molecule has 1 saturated heterocycles. The molecule has 1 fully saturated rings. The predicted molar refractivity (Wildman–Crippen MR) is 149 cm³/mol. The summed E-state index contributed by atoms with van der Waals surface area (Å²) in [5, 5.41) is 38.3. The predicted octanol–water partition coefficient (Wildman–Crippen LogP) is 4.80. The molecule has 2 aromatic carbocycles. The van der Waals surface area contributed by atoms with Gasteiger partial charge in [0.1, 0.15) is 17.9 Å². The number of halogens is 3. The molecule has 2 amide bonds. The number of aliphatic hydroxyl groups excluding tert-OH is 1. The molecule has 3 atom stereocenters. The van der Waals surface area contributed by atoms with Crippen LogP contribution >= 0.6 is 15.9 Å². The van der Waals surface area contributed by atoms with Crippen LogP contribution in [0.4, 0.5) is 13.6 Å². The first-order valence-electron chi connectivity index (χ1n) is 13.1. The highest BCUT2D eigenvalue weighted by Gasteiger charge is 2.56. The number of rotatable bonds is 7. The number of amides is 2. The molecule has 1 aliphatic rings. The third kappa shape index (κ3) is 6.00. The van der Waals surface area contributed by atoms with E-state index in [0.29, 0.717) is 22.2 Å². The monoisotopic (exact) mass is 635 g/mol. The lowest BCUT2D eigenvalue weighted by molar-refractivity contribution is -0.123. The van der Waals surface area contributed by atoms with Crippen molar-refractivity contribution in [3.8, 4) is 11.3 Å². The third-order valence-corrected chi connectivity index (χ3v) is 8.29. The minimum Gasteiger partial charge on any atom is -0.465 e. The summed E-state index contributed by atoms with van der Waals surface area (Å²) in [5.74, 6) is -3.43. The topological polar surface area (TPSA) is 136 Å². The maximum absolute atomic E-state index is 14.4. The van der Waals surface area contributed by atoms with Gasteiger partial charge in [-0.25, -0.2) is 13.6 Å². The number of hydrogen-bond acceptors (Lipinski definition) is 6. The Morgan fingerprint density at radius 1 is 1.20 bits per heavy atom. The number of hydrogen-bond donors (Lipinski definition) is 4. The van der Waals surface area contributed by atoms with Gasteiger partial charge >= 0.3 is 6.09 Å². The van der Waals surface area contributed by atoms with Gasteiger partial charge < -0.3 is 30.1 Å². The Morgan fingerprint density at radius 3 is 2.54 bits per heavy atom. The van der Waals surface area contributed by atoms with Crippen LogP contribution in [-0.4, -0.2) is 63.1 Å². The number of aromatic nitrogens is 1. The second-order valence-corrected chi connectivity index (χ2v) is 12.0. The van der Waals surface area contributed by atoms with Crippen molar-refractivity contribution in [1.29, 1.82) is 0 Å². The van der Waals surface area contributed by atoms with Gasteiger partial charge in [-0.05, 0) is 57.4 Å². The van der Waals surface area contributed by atoms with Gasteiger partial charge in [-0.2, -0.15) is 0 Å². The normalized spacial score (nSPS) is 21.1. The van der Waals surface area contributed by atoms with E-state index in [-0.39, 0.29) is 30.8 Å². The number of benzene rings is 2. The summed E-state index contributed by atoms with van der Waals surface area (Å²) in [7, 11) is 0. The second kappa shape index (κ2) is 11.9. The first-order chi connectivity index (χ1) is 19.3. The number of nitrogens with zero attached hydrogens (tertiary/aromatic N) is 2. The molecule has 3 aromatic rings. The fourth-order valence-electron chi connectivity index (χ4n) is 5.68. The van der Waals surface area contributed by atoms with Crippen molar-refractivity contribution in [2.24, 2.45) is 5.41 Å². The van der Waals surface area contributed by atoms with Gasteiger partial charge in [-0.3, -0.25) is 4.79 Å². The van der Waals surface area contributed by atoms with E-state index >= 15 is 0 Å². The summed E-state index contributed by atoms with van der Waals surface area (Å²) >= 11 is 3.59. The van der Waals surface area contributed by atoms with E-state index in [1.54, 1.807) is 12.1 Å². The summed E-state index contributed by atoms with van der Waals surface area (Å²) in [4.78, 5) is 25.1. The zero-order chi connectivity index (χ0) is 30.1. The molecule has 1 aromatic heterocycles. The molecule has 0 saturated carbocycles. The number of carbonyl (C=O) groups is 2. The number of likely N-dealkylation sites (tertiary alicyclic amines) is 1. The zero-order valence-corrected chi connectivity index (χ0v) is 24.4. The second-order valence-electron chi connectivity index (χ2n) is 11.2. The van der Waals surface area contributed by atoms with E-state index in [4.69, 9.17) is 9.63 Å². The molecule has 220 valence electrons. The molecule has 0 bridgehead atoms. The van der Waals surface area contributed by atoms with E-state index in [9.17, 15) is 28.6 Å². The van der Waals surface area contributed by atoms with Gasteiger partial charge in [0.15, 0.2) is 17.4 Å². The number of carbonyl (C=O) groups excluding carboxylic acids is 1. The van der Waals surface area contributed by atoms with E-state index in [2.05, 4.69) is 26.4 Å². The van der Waals surface area contributed by atoms with Crippen LogP contribution < -0.4 is 5.32 Å². The van der Waals surface area contributed by atoms with Crippen molar-refractivity contribution < 1.29 is 38.2 Å². The lowest BCUT2D eigenvalue weighted by Gasteiger charge is -2.53. The van der Waals surface area contributed by atoms with Crippen LogP contribution in [-0.2, 0) is 16.8 Å². The van der Waals surface area contributed by atoms with Crippen molar-refractivity contribution in [1.82, 2.24) is 15.4 Å². The van der Waals surface area contributed by atoms with Crippen LogP contribution in [0.1, 0.15) is 49.9 Å². The molecule has 0 radical (unpaired) electrons. The van der Waals surface area contributed by atoms with Crippen LogP contribution in [0, 0.1) is 17.0 Å². The van der Waals surface area contributed by atoms with Crippen molar-refractivity contribution in [3.63, 3.8) is 0 Å². The highest BCUT2D eigenvalue weighted by molar-refractivity contribution is 9.10. The summed E-state index contributed by atoms with van der Waals surface area (Å²) in [6.07, 6.45) is -0.876. The van der Waals surface area contributed by atoms with Crippen LogP contribution in [0.5, 0.6) is 0 Å². The third-order valence-electron chi connectivity index (χ3n) is 7.53.